The number of benzene rings is 1. The van der Waals surface area contributed by atoms with Gasteiger partial charge in [0.15, 0.2) is 11.5 Å². The van der Waals surface area contributed by atoms with Gasteiger partial charge in [-0.1, -0.05) is 26.7 Å². The van der Waals surface area contributed by atoms with Gasteiger partial charge >= 0.3 is 0 Å². The minimum absolute atomic E-state index is 0.0888. The van der Waals surface area contributed by atoms with Crippen LogP contribution < -0.4 is 19.9 Å². The molecule has 1 aliphatic heterocycles. The minimum Gasteiger partial charge on any atom is -0.493 e. The number of rotatable bonds is 7. The topological polar surface area (TPSA) is 53.7 Å². The first-order valence-corrected chi connectivity index (χ1v) is 7.44. The first kappa shape index (κ1) is 15.0. The quantitative estimate of drug-likeness (QED) is 0.833. The van der Waals surface area contributed by atoms with Crippen LogP contribution in [0.4, 0.5) is 0 Å². The maximum Gasteiger partial charge on any atom is 0.231 e. The summed E-state index contributed by atoms with van der Waals surface area (Å²) in [5, 5.41) is 0. The van der Waals surface area contributed by atoms with Crippen molar-refractivity contribution in [3.05, 3.63) is 17.7 Å². The van der Waals surface area contributed by atoms with Gasteiger partial charge in [0.25, 0.3) is 0 Å². The van der Waals surface area contributed by atoms with Crippen LogP contribution in [0.5, 0.6) is 17.2 Å². The molecule has 1 atom stereocenters. The van der Waals surface area contributed by atoms with Crippen LogP contribution in [-0.2, 0) is 6.42 Å². The Morgan fingerprint density at radius 1 is 1.20 bits per heavy atom. The van der Waals surface area contributed by atoms with Crippen LogP contribution in [-0.4, -0.2) is 19.4 Å². The van der Waals surface area contributed by atoms with E-state index in [1.54, 1.807) is 0 Å². The Balaban J connectivity index is 2.16. The molecule has 112 valence electrons. The Morgan fingerprint density at radius 3 is 2.45 bits per heavy atom. The zero-order chi connectivity index (χ0) is 14.5. The highest BCUT2D eigenvalue weighted by Crippen LogP contribution is 2.38. The molecule has 2 N–H and O–H groups in total. The van der Waals surface area contributed by atoms with Gasteiger partial charge in [-0.15, -0.1) is 0 Å². The molecule has 0 fully saturated rings. The second kappa shape index (κ2) is 6.84. The molecule has 0 amide bonds. The molecule has 0 saturated heterocycles. The fourth-order valence-corrected chi connectivity index (χ4v) is 2.34. The molecule has 1 aromatic carbocycles. The summed E-state index contributed by atoms with van der Waals surface area (Å²) in [5.74, 6) is 3.01. The van der Waals surface area contributed by atoms with Crippen molar-refractivity contribution in [2.45, 2.75) is 46.1 Å². The highest BCUT2D eigenvalue weighted by atomic mass is 16.7. The molecule has 1 aromatic rings. The highest BCUT2D eigenvalue weighted by Gasteiger charge is 2.19. The van der Waals surface area contributed by atoms with Gasteiger partial charge in [-0.25, -0.2) is 0 Å². The Labute approximate surface area is 121 Å². The monoisotopic (exact) mass is 279 g/mol. The zero-order valence-electron chi connectivity index (χ0n) is 12.6. The number of ether oxygens (including phenoxy) is 3. The van der Waals surface area contributed by atoms with E-state index in [1.807, 2.05) is 19.1 Å². The number of fused-ring (bicyclic) bond motifs is 1. The van der Waals surface area contributed by atoms with Crippen molar-refractivity contribution in [1.82, 2.24) is 0 Å². The third kappa shape index (κ3) is 3.57. The second-order valence-corrected chi connectivity index (χ2v) is 5.49. The van der Waals surface area contributed by atoms with E-state index in [4.69, 9.17) is 19.9 Å². The molecule has 1 unspecified atom stereocenters. The predicted octanol–water partition coefficient (Wildman–Crippen LogP) is 3.12. The van der Waals surface area contributed by atoms with Crippen LogP contribution in [0, 0.1) is 5.92 Å². The molecule has 0 bridgehead atoms. The summed E-state index contributed by atoms with van der Waals surface area (Å²) in [6.45, 7) is 7.40. The highest BCUT2D eigenvalue weighted by molar-refractivity contribution is 5.52. The maximum absolute atomic E-state index is 6.02. The first-order valence-electron chi connectivity index (χ1n) is 7.44. The van der Waals surface area contributed by atoms with Gasteiger partial charge in [-0.05, 0) is 30.9 Å². The average molecular weight is 279 g/mol. The van der Waals surface area contributed by atoms with Crippen molar-refractivity contribution < 1.29 is 14.2 Å². The number of nitrogens with two attached hydrogens (primary N) is 1. The van der Waals surface area contributed by atoms with Crippen molar-refractivity contribution in [2.75, 3.05) is 13.4 Å². The summed E-state index contributed by atoms with van der Waals surface area (Å²) < 4.78 is 16.9. The van der Waals surface area contributed by atoms with Gasteiger partial charge in [0.05, 0.1) is 6.61 Å². The normalized spacial score (nSPS) is 14.7. The zero-order valence-corrected chi connectivity index (χ0v) is 12.6. The van der Waals surface area contributed by atoms with Crippen LogP contribution >= 0.6 is 0 Å². The van der Waals surface area contributed by atoms with Crippen molar-refractivity contribution in [3.8, 4) is 17.2 Å². The molecule has 0 aromatic heterocycles. The number of hydrogen-bond acceptors (Lipinski definition) is 4. The summed E-state index contributed by atoms with van der Waals surface area (Å²) >= 11 is 0. The van der Waals surface area contributed by atoms with E-state index in [-0.39, 0.29) is 12.8 Å². The Hall–Kier alpha value is -1.42. The molecule has 20 heavy (non-hydrogen) atoms. The molecule has 0 saturated carbocycles. The third-order valence-corrected chi connectivity index (χ3v) is 3.73. The molecule has 2 rings (SSSR count). The average Bonchev–Trinajstić information content (AvgIpc) is 2.86. The summed E-state index contributed by atoms with van der Waals surface area (Å²) in [4.78, 5) is 0. The predicted molar refractivity (Wildman–Crippen MR) is 79.5 cm³/mol. The lowest BCUT2D eigenvalue weighted by atomic mass is 10.0. The van der Waals surface area contributed by atoms with Crippen molar-refractivity contribution in [3.63, 3.8) is 0 Å². The number of hydrogen-bond donors (Lipinski definition) is 1. The third-order valence-electron chi connectivity index (χ3n) is 3.73. The minimum atomic E-state index is 0.0888. The van der Waals surface area contributed by atoms with Crippen molar-refractivity contribution >= 4 is 0 Å². The molecule has 0 aliphatic carbocycles. The largest absolute Gasteiger partial charge is 0.493 e. The van der Waals surface area contributed by atoms with Crippen LogP contribution in [0.3, 0.4) is 0 Å². The summed E-state index contributed by atoms with van der Waals surface area (Å²) in [6, 6.07) is 4.02. The standard InChI is InChI=1S/C16H25NO3/c1-4-12(5-2)9-18-14-8-16-15(19-10-20-16)7-13(14)6-11(3)17/h7-8,11-12H,4-6,9-10,17H2,1-3H3. The molecule has 0 radical (unpaired) electrons. The van der Waals surface area contributed by atoms with Gasteiger partial charge in [-0.3, -0.25) is 0 Å². The fraction of sp³-hybridized carbons (Fsp3) is 0.625. The van der Waals surface area contributed by atoms with E-state index in [0.29, 0.717) is 5.92 Å². The Morgan fingerprint density at radius 2 is 1.85 bits per heavy atom. The molecule has 4 nitrogen and oxygen atoms in total. The second-order valence-electron chi connectivity index (χ2n) is 5.49. The lowest BCUT2D eigenvalue weighted by Gasteiger charge is -2.17. The lowest BCUT2D eigenvalue weighted by Crippen LogP contribution is -2.19. The van der Waals surface area contributed by atoms with E-state index in [0.717, 1.165) is 48.7 Å². The molecule has 4 heteroatoms. The molecule has 0 spiro atoms. The van der Waals surface area contributed by atoms with Crippen LogP contribution in [0.15, 0.2) is 12.1 Å². The molecular weight excluding hydrogens is 254 g/mol. The van der Waals surface area contributed by atoms with Gasteiger partial charge in [0.2, 0.25) is 6.79 Å². The Bertz CT molecular complexity index is 442. The van der Waals surface area contributed by atoms with Gasteiger partial charge in [0, 0.05) is 12.1 Å². The van der Waals surface area contributed by atoms with E-state index >= 15 is 0 Å². The lowest BCUT2D eigenvalue weighted by molar-refractivity contribution is 0.173. The van der Waals surface area contributed by atoms with Crippen LogP contribution in [0.1, 0.15) is 39.2 Å². The first-order chi connectivity index (χ1) is 9.63. The van der Waals surface area contributed by atoms with E-state index in [9.17, 15) is 0 Å². The van der Waals surface area contributed by atoms with Crippen LogP contribution in [0.25, 0.3) is 0 Å². The molecule has 1 heterocycles. The summed E-state index contributed by atoms with van der Waals surface area (Å²) in [5.41, 5.74) is 7.01. The van der Waals surface area contributed by atoms with E-state index in [1.165, 1.54) is 0 Å². The van der Waals surface area contributed by atoms with Crippen LogP contribution in [0.2, 0.25) is 0 Å². The van der Waals surface area contributed by atoms with Gasteiger partial charge < -0.3 is 19.9 Å². The van der Waals surface area contributed by atoms with E-state index in [2.05, 4.69) is 13.8 Å². The van der Waals surface area contributed by atoms with Gasteiger partial charge in [-0.2, -0.15) is 0 Å². The summed E-state index contributed by atoms with van der Waals surface area (Å²) in [6.07, 6.45) is 3.03. The summed E-state index contributed by atoms with van der Waals surface area (Å²) in [7, 11) is 0. The SMILES string of the molecule is CCC(CC)COc1cc2c(cc1CC(C)N)OCO2. The molecule has 1 aliphatic rings. The van der Waals surface area contributed by atoms with E-state index < -0.39 is 0 Å². The fourth-order valence-electron chi connectivity index (χ4n) is 2.34. The molecular formula is C16H25NO3. The van der Waals surface area contributed by atoms with Gasteiger partial charge in [0.1, 0.15) is 5.75 Å². The van der Waals surface area contributed by atoms with Crippen molar-refractivity contribution in [2.24, 2.45) is 11.7 Å². The smallest absolute Gasteiger partial charge is 0.231 e. The van der Waals surface area contributed by atoms with Crippen molar-refractivity contribution in [1.29, 1.82) is 0 Å². The Kier molecular flexibility index (Phi) is 5.12. The maximum atomic E-state index is 6.02.